The minimum Gasteiger partial charge on any atom is -0.508 e. The van der Waals surface area contributed by atoms with E-state index in [1.807, 2.05) is 42.5 Å². The van der Waals surface area contributed by atoms with Crippen molar-refractivity contribution in [3.8, 4) is 5.75 Å². The summed E-state index contributed by atoms with van der Waals surface area (Å²) in [6, 6.07) is 20.1. The molecule has 0 saturated carbocycles. The maximum absolute atomic E-state index is 14.5. The molecule has 2 saturated heterocycles. The molecule has 14 heteroatoms. The van der Waals surface area contributed by atoms with Crippen molar-refractivity contribution in [3.63, 3.8) is 0 Å². The van der Waals surface area contributed by atoms with Gasteiger partial charge in [-0.3, -0.25) is 14.4 Å². The summed E-state index contributed by atoms with van der Waals surface area (Å²) in [6.45, 7) is 4.33. The van der Waals surface area contributed by atoms with Gasteiger partial charge in [0.05, 0.1) is 18.6 Å². The Bertz CT molecular complexity index is 1860. The third kappa shape index (κ3) is 6.94. The first-order valence-corrected chi connectivity index (χ1v) is 16.0. The van der Waals surface area contributed by atoms with E-state index >= 15 is 0 Å². The van der Waals surface area contributed by atoms with Gasteiger partial charge in [-0.1, -0.05) is 65.9 Å². The van der Waals surface area contributed by atoms with E-state index in [2.05, 4.69) is 22.2 Å². The number of phenols is 1. The fourth-order valence-electron chi connectivity index (χ4n) is 6.37. The average molecular weight is 666 g/mol. The maximum atomic E-state index is 14.5. The Morgan fingerprint density at radius 2 is 1.78 bits per heavy atom. The second-order valence-electron chi connectivity index (χ2n) is 12.3. The van der Waals surface area contributed by atoms with Gasteiger partial charge in [-0.2, -0.15) is 0 Å². The van der Waals surface area contributed by atoms with Crippen LogP contribution in [0, 0.1) is 0 Å². The Hall–Kier alpha value is -5.76. The van der Waals surface area contributed by atoms with Gasteiger partial charge in [0.1, 0.15) is 30.0 Å². The molecule has 0 radical (unpaired) electrons. The van der Waals surface area contributed by atoms with E-state index in [0.29, 0.717) is 16.6 Å². The zero-order valence-electron chi connectivity index (χ0n) is 27.5. The molecule has 49 heavy (non-hydrogen) atoms. The predicted octanol–water partition coefficient (Wildman–Crippen LogP) is 1.96. The molecule has 2 aliphatic heterocycles. The Balaban J connectivity index is 1.38. The van der Waals surface area contributed by atoms with Crippen LogP contribution in [0.15, 0.2) is 85.5 Å². The summed E-state index contributed by atoms with van der Waals surface area (Å²) in [7, 11) is 3.33. The van der Waals surface area contributed by atoms with Crippen molar-refractivity contribution in [1.29, 1.82) is 0 Å². The van der Waals surface area contributed by atoms with Crippen molar-refractivity contribution < 1.29 is 24.3 Å². The Morgan fingerprint density at radius 1 is 1.02 bits per heavy atom. The second-order valence-corrected chi connectivity index (χ2v) is 12.3. The number of para-hydroxylation sites is 1. The summed E-state index contributed by atoms with van der Waals surface area (Å²) in [5.74, 6) is -0.665. The third-order valence-corrected chi connectivity index (χ3v) is 8.79. The van der Waals surface area contributed by atoms with Gasteiger partial charge in [0, 0.05) is 40.2 Å². The highest BCUT2D eigenvalue weighted by atomic mass is 16.3. The van der Waals surface area contributed by atoms with E-state index in [1.54, 1.807) is 48.3 Å². The van der Waals surface area contributed by atoms with Crippen LogP contribution in [0.25, 0.3) is 11.0 Å². The van der Waals surface area contributed by atoms with E-state index in [4.69, 9.17) is 0 Å². The normalized spacial score (nSPS) is 18.0. The molecule has 0 aliphatic carbocycles. The van der Waals surface area contributed by atoms with Gasteiger partial charge in [0.15, 0.2) is 0 Å². The lowest BCUT2D eigenvalue weighted by Crippen LogP contribution is -2.76. The van der Waals surface area contributed by atoms with Crippen molar-refractivity contribution >= 4 is 34.8 Å². The molecule has 2 aliphatic rings. The number of rotatable bonds is 10. The first-order chi connectivity index (χ1) is 23.6. The highest BCUT2D eigenvalue weighted by Crippen LogP contribution is 2.30. The number of fused-ring (bicyclic) bond motifs is 2. The number of likely N-dealkylation sites (N-methyl/N-ethyl adjacent to an activating group) is 1. The van der Waals surface area contributed by atoms with Gasteiger partial charge in [0.25, 0.3) is 0 Å². The largest absolute Gasteiger partial charge is 0.508 e. The number of carbonyl (C=O) groups excluding carboxylic acids is 4. The monoisotopic (exact) mass is 665 g/mol. The number of aromatic hydroxyl groups is 1. The molecule has 3 aromatic carbocycles. The summed E-state index contributed by atoms with van der Waals surface area (Å²) in [6.07, 6.45) is 0.957. The SMILES string of the molecule is C=CCN1CC(=O)N2C(CN(Cc3cccc4nnn(CC(=O)N(C)C)c34)C(=O)[C@@H]2Cc2ccc(O)cc2)N1C(=O)NCc1ccccc1. The summed E-state index contributed by atoms with van der Waals surface area (Å²) < 4.78 is 1.53. The van der Waals surface area contributed by atoms with E-state index in [0.717, 1.165) is 11.1 Å². The first-order valence-electron chi connectivity index (χ1n) is 16.0. The molecule has 4 aromatic rings. The van der Waals surface area contributed by atoms with Gasteiger partial charge >= 0.3 is 6.03 Å². The molecule has 2 N–H and O–H groups in total. The van der Waals surface area contributed by atoms with Gasteiger partial charge in [-0.25, -0.2) is 19.5 Å². The number of piperazine rings is 1. The summed E-state index contributed by atoms with van der Waals surface area (Å²) >= 11 is 0. The van der Waals surface area contributed by atoms with Gasteiger partial charge in [0.2, 0.25) is 17.7 Å². The van der Waals surface area contributed by atoms with Crippen LogP contribution in [0.3, 0.4) is 0 Å². The fourth-order valence-corrected chi connectivity index (χ4v) is 6.37. The van der Waals surface area contributed by atoms with Crippen LogP contribution in [0.1, 0.15) is 16.7 Å². The first kappa shape index (κ1) is 33.2. The number of benzene rings is 3. The molecule has 2 atom stereocenters. The summed E-state index contributed by atoms with van der Waals surface area (Å²) in [5, 5.41) is 24.5. The number of aromatic nitrogens is 3. The third-order valence-electron chi connectivity index (χ3n) is 8.79. The number of urea groups is 1. The predicted molar refractivity (Wildman–Crippen MR) is 180 cm³/mol. The van der Waals surface area contributed by atoms with Crippen LogP contribution in [0.4, 0.5) is 4.79 Å². The van der Waals surface area contributed by atoms with Crippen molar-refractivity contribution in [1.82, 2.24) is 45.0 Å². The number of nitrogens with one attached hydrogen (secondary N) is 1. The van der Waals surface area contributed by atoms with Crippen LogP contribution in [0.5, 0.6) is 5.75 Å². The zero-order chi connectivity index (χ0) is 34.7. The van der Waals surface area contributed by atoms with Crippen LogP contribution < -0.4 is 5.32 Å². The molecule has 3 heterocycles. The van der Waals surface area contributed by atoms with E-state index in [1.165, 1.54) is 31.6 Å². The highest BCUT2D eigenvalue weighted by Gasteiger charge is 2.51. The number of hydrazine groups is 1. The standard InChI is InChI=1S/C35H39N9O5/c1-4-17-41-22-32(47)43-29(18-24-13-15-27(45)16-14-24)34(48)40(21-30(43)44(41)35(49)36-19-25-9-6-5-7-10-25)20-26-11-8-12-28-33(26)42(38-37-28)23-31(46)39(2)3/h4-16,29-30,45H,1,17-23H2,2-3H3,(H,36,49)/t29-,30?/m0/s1. The Labute approximate surface area is 283 Å². The van der Waals surface area contributed by atoms with E-state index in [-0.39, 0.29) is 69.2 Å². The van der Waals surface area contributed by atoms with Crippen molar-refractivity contribution in [3.05, 3.63) is 102 Å². The van der Waals surface area contributed by atoms with Crippen LogP contribution in [-0.4, -0.2) is 115 Å². The van der Waals surface area contributed by atoms with E-state index < -0.39 is 18.2 Å². The molecule has 1 unspecified atom stereocenters. The molecule has 0 bridgehead atoms. The smallest absolute Gasteiger partial charge is 0.334 e. The number of amides is 5. The van der Waals surface area contributed by atoms with Crippen LogP contribution in [-0.2, 0) is 40.4 Å². The molecular formula is C35H39N9O5. The minimum absolute atomic E-state index is 0.0254. The molecule has 14 nitrogen and oxygen atoms in total. The zero-order valence-corrected chi connectivity index (χ0v) is 27.5. The number of hydrogen-bond acceptors (Lipinski definition) is 8. The fraction of sp³-hybridized carbons (Fsp3) is 0.314. The van der Waals surface area contributed by atoms with Crippen molar-refractivity contribution in [2.24, 2.45) is 0 Å². The topological polar surface area (TPSA) is 147 Å². The Kier molecular flexibility index (Phi) is 9.58. The lowest BCUT2D eigenvalue weighted by Gasteiger charge is -2.55. The lowest BCUT2D eigenvalue weighted by molar-refractivity contribution is -0.189. The Morgan fingerprint density at radius 3 is 2.49 bits per heavy atom. The van der Waals surface area contributed by atoms with Crippen molar-refractivity contribution in [2.45, 2.75) is 38.3 Å². The number of carbonyl (C=O) groups is 4. The van der Waals surface area contributed by atoms with Gasteiger partial charge < -0.3 is 25.1 Å². The molecule has 5 amide bonds. The van der Waals surface area contributed by atoms with Crippen LogP contribution >= 0.6 is 0 Å². The van der Waals surface area contributed by atoms with Gasteiger partial charge in [-0.15, -0.1) is 11.7 Å². The summed E-state index contributed by atoms with van der Waals surface area (Å²) in [5.41, 5.74) is 3.55. The highest BCUT2D eigenvalue weighted by molar-refractivity contribution is 5.92. The molecule has 1 aromatic heterocycles. The molecule has 0 spiro atoms. The number of phenolic OH excluding ortho intramolecular Hbond substituents is 1. The average Bonchev–Trinajstić information content (AvgIpc) is 3.50. The van der Waals surface area contributed by atoms with Crippen LogP contribution in [0.2, 0.25) is 0 Å². The number of nitrogens with zero attached hydrogens (tertiary/aromatic N) is 8. The molecular weight excluding hydrogens is 626 g/mol. The molecule has 2 fully saturated rings. The van der Waals surface area contributed by atoms with E-state index in [9.17, 15) is 24.3 Å². The molecule has 6 rings (SSSR count). The number of hydrogen-bond donors (Lipinski definition) is 2. The quantitative estimate of drug-likeness (QED) is 0.245. The van der Waals surface area contributed by atoms with Gasteiger partial charge in [-0.05, 0) is 34.9 Å². The maximum Gasteiger partial charge on any atom is 0.334 e. The summed E-state index contributed by atoms with van der Waals surface area (Å²) in [4.78, 5) is 59.6. The second kappa shape index (κ2) is 14.2. The molecule has 254 valence electrons. The van der Waals surface area contributed by atoms with Crippen molar-refractivity contribution in [2.75, 3.05) is 33.7 Å². The minimum atomic E-state index is -0.941. The lowest BCUT2D eigenvalue weighted by atomic mass is 9.98.